The van der Waals surface area contributed by atoms with Crippen LogP contribution in [0.4, 0.5) is 14.5 Å². The van der Waals surface area contributed by atoms with Gasteiger partial charge in [0.05, 0.1) is 17.0 Å². The summed E-state index contributed by atoms with van der Waals surface area (Å²) in [6, 6.07) is 9.98. The standard InChI is InChI=1S/C30H26F2N4O2S2/c1-3-18-14-21(31)5-4-20(18)15-28(37)35-30(39)34-22-6-7-25(23(32)16-22)38-26-8-11-33-24-17-27(40-29(24)26)19-9-12-36(2)13-10-19/h1,4-9,11,14,16,27H,10,12-13,15,17H2,2H3,(H2,34,35,37,39). The van der Waals surface area contributed by atoms with E-state index in [1.165, 1.54) is 35.9 Å². The van der Waals surface area contributed by atoms with E-state index >= 15 is 4.39 Å². The third kappa shape index (κ3) is 6.50. The predicted octanol–water partition coefficient (Wildman–Crippen LogP) is 5.47. The number of hydrogen-bond acceptors (Lipinski definition) is 6. The Kier molecular flexibility index (Phi) is 8.45. The van der Waals surface area contributed by atoms with Crippen molar-refractivity contribution in [3.8, 4) is 23.8 Å². The Balaban J connectivity index is 1.20. The van der Waals surface area contributed by atoms with Gasteiger partial charge >= 0.3 is 0 Å². The topological polar surface area (TPSA) is 66.5 Å². The van der Waals surface area contributed by atoms with E-state index < -0.39 is 17.5 Å². The molecule has 6 nitrogen and oxygen atoms in total. The average Bonchev–Trinajstić information content (AvgIpc) is 3.37. The maximum atomic E-state index is 15.0. The molecule has 0 fully saturated rings. The second-order valence-corrected chi connectivity index (χ2v) is 11.2. The van der Waals surface area contributed by atoms with Crippen molar-refractivity contribution in [2.75, 3.05) is 25.5 Å². The number of carbonyl (C=O) groups is 1. The fourth-order valence-corrected chi connectivity index (χ4v) is 6.21. The molecule has 5 rings (SSSR count). The first kappa shape index (κ1) is 27.8. The number of halogens is 2. The highest BCUT2D eigenvalue weighted by atomic mass is 32.2. The van der Waals surface area contributed by atoms with E-state index in [-0.39, 0.29) is 17.3 Å². The van der Waals surface area contributed by atoms with Crippen LogP contribution in [0.2, 0.25) is 0 Å². The number of terminal acetylenes is 1. The summed E-state index contributed by atoms with van der Waals surface area (Å²) in [7, 11) is 2.11. The molecule has 0 aliphatic carbocycles. The van der Waals surface area contributed by atoms with Crippen molar-refractivity contribution in [1.29, 1.82) is 0 Å². The lowest BCUT2D eigenvalue weighted by molar-refractivity contribution is -0.119. The molecular weight excluding hydrogens is 550 g/mol. The molecule has 0 bridgehead atoms. The van der Waals surface area contributed by atoms with Gasteiger partial charge in [-0.2, -0.15) is 0 Å². The molecule has 1 aromatic heterocycles. The summed E-state index contributed by atoms with van der Waals surface area (Å²) in [5, 5.41) is 5.62. The summed E-state index contributed by atoms with van der Waals surface area (Å²) < 4.78 is 34.4. The quantitative estimate of drug-likeness (QED) is 0.229. The zero-order valence-electron chi connectivity index (χ0n) is 21.7. The number of carbonyl (C=O) groups excluding carboxylic acids is 1. The number of anilines is 1. The molecule has 0 radical (unpaired) electrons. The lowest BCUT2D eigenvalue weighted by atomic mass is 10.0. The minimum Gasteiger partial charge on any atom is -0.453 e. The van der Waals surface area contributed by atoms with Crippen LogP contribution in [0.25, 0.3) is 0 Å². The number of ether oxygens (including phenoxy) is 1. The summed E-state index contributed by atoms with van der Waals surface area (Å²) in [5.41, 5.74) is 3.50. The molecule has 0 spiro atoms. The highest BCUT2D eigenvalue weighted by molar-refractivity contribution is 8.00. The van der Waals surface area contributed by atoms with Crippen molar-refractivity contribution in [2.24, 2.45) is 0 Å². The molecule has 2 N–H and O–H groups in total. The van der Waals surface area contributed by atoms with E-state index in [0.29, 0.717) is 27.8 Å². The second-order valence-electron chi connectivity index (χ2n) is 9.56. The molecule has 2 aliphatic heterocycles. The summed E-state index contributed by atoms with van der Waals surface area (Å²) in [5.74, 6) is 1.48. The number of benzene rings is 2. The van der Waals surface area contributed by atoms with Gasteiger partial charge in [0.1, 0.15) is 11.6 Å². The van der Waals surface area contributed by atoms with Crippen molar-refractivity contribution in [3.63, 3.8) is 0 Å². The smallest absolute Gasteiger partial charge is 0.230 e. The number of likely N-dealkylation sites (N-methyl/N-ethyl adjacent to an activating group) is 1. The number of thiocarbonyl (C=S) groups is 1. The SMILES string of the molecule is C#Cc1cc(F)ccc1CC(=O)NC(=S)Nc1ccc(Oc2ccnc3c2SC(C2=CCN(C)CC2)C3)c(F)c1. The van der Waals surface area contributed by atoms with Gasteiger partial charge in [0.15, 0.2) is 16.7 Å². The van der Waals surface area contributed by atoms with Crippen LogP contribution in [-0.2, 0) is 17.6 Å². The van der Waals surface area contributed by atoms with Crippen molar-refractivity contribution >= 4 is 40.7 Å². The van der Waals surface area contributed by atoms with Gasteiger partial charge in [-0.05, 0) is 55.5 Å². The van der Waals surface area contributed by atoms with Gasteiger partial charge in [0.25, 0.3) is 0 Å². The highest BCUT2D eigenvalue weighted by Gasteiger charge is 2.30. The van der Waals surface area contributed by atoms with Gasteiger partial charge in [-0.3, -0.25) is 9.78 Å². The maximum Gasteiger partial charge on any atom is 0.230 e. The summed E-state index contributed by atoms with van der Waals surface area (Å²) in [6.45, 7) is 1.98. The number of nitrogens with one attached hydrogen (secondary N) is 2. The van der Waals surface area contributed by atoms with E-state index in [1.54, 1.807) is 30.1 Å². The lowest BCUT2D eigenvalue weighted by Gasteiger charge is -2.24. The van der Waals surface area contributed by atoms with E-state index in [1.807, 2.05) is 0 Å². The van der Waals surface area contributed by atoms with E-state index in [2.05, 4.69) is 39.6 Å². The Bertz CT molecular complexity index is 1550. The number of fused-ring (bicyclic) bond motifs is 1. The monoisotopic (exact) mass is 576 g/mol. The summed E-state index contributed by atoms with van der Waals surface area (Å²) in [4.78, 5) is 20.2. The fraction of sp³-hybridized carbons (Fsp3) is 0.233. The van der Waals surface area contributed by atoms with Gasteiger partial charge in [-0.25, -0.2) is 8.78 Å². The number of hydrogen-bond donors (Lipinski definition) is 2. The average molecular weight is 577 g/mol. The zero-order valence-corrected chi connectivity index (χ0v) is 23.3. The lowest BCUT2D eigenvalue weighted by Crippen LogP contribution is -2.35. The van der Waals surface area contributed by atoms with Gasteiger partial charge in [0.2, 0.25) is 5.91 Å². The van der Waals surface area contributed by atoms with Crippen molar-refractivity contribution < 1.29 is 18.3 Å². The van der Waals surface area contributed by atoms with Gasteiger partial charge in [0, 0.05) is 54.3 Å². The number of aromatic nitrogens is 1. The van der Waals surface area contributed by atoms with Gasteiger partial charge in [-0.1, -0.05) is 23.6 Å². The van der Waals surface area contributed by atoms with Crippen LogP contribution < -0.4 is 15.4 Å². The molecule has 3 aromatic rings. The van der Waals surface area contributed by atoms with E-state index in [4.69, 9.17) is 23.4 Å². The molecule has 0 saturated carbocycles. The summed E-state index contributed by atoms with van der Waals surface area (Å²) in [6.07, 6.45) is 11.1. The van der Waals surface area contributed by atoms with E-state index in [9.17, 15) is 9.18 Å². The molecule has 0 saturated heterocycles. The molecule has 1 atom stereocenters. The Morgan fingerprint density at radius 2 is 2.10 bits per heavy atom. The van der Waals surface area contributed by atoms with Crippen molar-refractivity contribution in [1.82, 2.24) is 15.2 Å². The van der Waals surface area contributed by atoms with Gasteiger partial charge in [-0.15, -0.1) is 18.2 Å². The molecule has 204 valence electrons. The largest absolute Gasteiger partial charge is 0.453 e. The van der Waals surface area contributed by atoms with Crippen LogP contribution >= 0.6 is 24.0 Å². The van der Waals surface area contributed by atoms with Crippen LogP contribution in [0, 0.1) is 24.0 Å². The first-order chi connectivity index (χ1) is 19.3. The number of thioether (sulfide) groups is 1. The molecule has 3 heterocycles. The van der Waals surface area contributed by atoms with Gasteiger partial charge < -0.3 is 20.3 Å². The zero-order chi connectivity index (χ0) is 28.2. The molecular formula is C30H26F2N4O2S2. The van der Waals surface area contributed by atoms with Crippen LogP contribution in [0.1, 0.15) is 23.2 Å². The highest BCUT2D eigenvalue weighted by Crippen LogP contribution is 2.46. The fourth-order valence-electron chi connectivity index (χ4n) is 4.59. The second kappa shape index (κ2) is 12.2. The number of pyridine rings is 1. The van der Waals surface area contributed by atoms with Crippen LogP contribution in [0.5, 0.6) is 11.5 Å². The number of rotatable bonds is 6. The maximum absolute atomic E-state index is 15.0. The van der Waals surface area contributed by atoms with Crippen LogP contribution in [0.15, 0.2) is 65.2 Å². The number of nitrogens with zero attached hydrogens (tertiary/aromatic N) is 2. The third-order valence-corrected chi connectivity index (χ3v) is 8.31. The van der Waals surface area contributed by atoms with Crippen molar-refractivity contribution in [3.05, 3.63) is 88.8 Å². The first-order valence-electron chi connectivity index (χ1n) is 12.6. The van der Waals surface area contributed by atoms with Crippen LogP contribution in [-0.4, -0.2) is 46.3 Å². The molecule has 1 amide bonds. The number of amides is 1. The Labute approximate surface area is 241 Å². The Morgan fingerprint density at radius 3 is 2.85 bits per heavy atom. The van der Waals surface area contributed by atoms with Crippen molar-refractivity contribution in [2.45, 2.75) is 29.4 Å². The molecule has 2 aliphatic rings. The molecule has 2 aromatic carbocycles. The van der Waals surface area contributed by atoms with Crippen LogP contribution in [0.3, 0.4) is 0 Å². The minimum absolute atomic E-state index is 0.0138. The normalized spacial score (nSPS) is 16.4. The molecule has 10 heteroatoms. The minimum atomic E-state index is -0.591. The molecule has 1 unspecified atom stereocenters. The van der Waals surface area contributed by atoms with E-state index in [0.717, 1.165) is 36.5 Å². The predicted molar refractivity (Wildman–Crippen MR) is 157 cm³/mol. The summed E-state index contributed by atoms with van der Waals surface area (Å²) >= 11 is 6.92. The Hall–Kier alpha value is -3.78. The first-order valence-corrected chi connectivity index (χ1v) is 13.9. The molecule has 40 heavy (non-hydrogen) atoms. The third-order valence-electron chi connectivity index (χ3n) is 6.68. The Morgan fingerprint density at radius 1 is 1.25 bits per heavy atom.